The van der Waals surface area contributed by atoms with Gasteiger partial charge >= 0.3 is 0 Å². The second kappa shape index (κ2) is 5.25. The van der Waals surface area contributed by atoms with Crippen molar-refractivity contribution in [2.24, 2.45) is 5.41 Å². The number of hydrogen-bond donors (Lipinski definition) is 0. The van der Waals surface area contributed by atoms with Crippen molar-refractivity contribution < 1.29 is 9.21 Å². The summed E-state index contributed by atoms with van der Waals surface area (Å²) < 4.78 is 5.43. The molecule has 1 amide bonds. The van der Waals surface area contributed by atoms with Crippen LogP contribution in [0, 0.1) is 5.41 Å². The highest BCUT2D eigenvalue weighted by Crippen LogP contribution is 2.41. The quantitative estimate of drug-likeness (QED) is 0.872. The molecule has 0 aliphatic carbocycles. The third-order valence-corrected chi connectivity index (χ3v) is 4.72. The van der Waals surface area contributed by atoms with E-state index >= 15 is 0 Å². The molecule has 1 spiro atoms. The Balaban J connectivity index is 1.46. The van der Waals surface area contributed by atoms with Crippen LogP contribution in [0.1, 0.15) is 18.6 Å². The van der Waals surface area contributed by atoms with Crippen LogP contribution in [0.15, 0.2) is 47.2 Å². The lowest BCUT2D eigenvalue weighted by atomic mass is 9.86. The molecule has 4 rings (SSSR count). The first-order valence-corrected chi connectivity index (χ1v) is 7.70. The van der Waals surface area contributed by atoms with Crippen LogP contribution >= 0.6 is 0 Å². The van der Waals surface area contributed by atoms with Gasteiger partial charge in [-0.3, -0.25) is 14.6 Å². The van der Waals surface area contributed by atoms with Crippen LogP contribution in [0.25, 0.3) is 0 Å². The number of nitrogens with zero attached hydrogens (tertiary/aromatic N) is 3. The van der Waals surface area contributed by atoms with Gasteiger partial charge < -0.3 is 4.42 Å². The molecular weight excluding hydrogens is 278 g/mol. The van der Waals surface area contributed by atoms with Crippen molar-refractivity contribution in [3.8, 4) is 0 Å². The standard InChI is InChI=1S/C17H19N3O2/c21-16-10-17(13-20(16)15-5-1-2-7-18-15)6-8-19(12-17)11-14-4-3-9-22-14/h1-5,7,9H,6,8,10-13H2. The zero-order valence-corrected chi connectivity index (χ0v) is 12.4. The van der Waals surface area contributed by atoms with E-state index in [9.17, 15) is 4.79 Å². The van der Waals surface area contributed by atoms with Gasteiger partial charge in [-0.05, 0) is 37.2 Å². The van der Waals surface area contributed by atoms with E-state index in [-0.39, 0.29) is 11.3 Å². The van der Waals surface area contributed by atoms with E-state index in [1.165, 1.54) is 0 Å². The summed E-state index contributed by atoms with van der Waals surface area (Å²) >= 11 is 0. The van der Waals surface area contributed by atoms with E-state index < -0.39 is 0 Å². The van der Waals surface area contributed by atoms with Crippen molar-refractivity contribution in [3.63, 3.8) is 0 Å². The van der Waals surface area contributed by atoms with Crippen molar-refractivity contribution in [3.05, 3.63) is 48.6 Å². The summed E-state index contributed by atoms with van der Waals surface area (Å²) in [6, 6.07) is 9.64. The molecule has 22 heavy (non-hydrogen) atoms. The van der Waals surface area contributed by atoms with E-state index in [4.69, 9.17) is 4.42 Å². The summed E-state index contributed by atoms with van der Waals surface area (Å²) in [4.78, 5) is 21.0. The maximum absolute atomic E-state index is 12.4. The molecule has 5 nitrogen and oxygen atoms in total. The summed E-state index contributed by atoms with van der Waals surface area (Å²) in [5.41, 5.74) is 0.0706. The predicted octanol–water partition coefficient (Wildman–Crippen LogP) is 2.30. The number of rotatable bonds is 3. The third kappa shape index (κ3) is 2.41. The Morgan fingerprint density at radius 1 is 1.23 bits per heavy atom. The first-order valence-electron chi connectivity index (χ1n) is 7.70. The molecule has 0 N–H and O–H groups in total. The molecule has 2 aliphatic rings. The van der Waals surface area contributed by atoms with Gasteiger partial charge in [0.2, 0.25) is 5.91 Å². The lowest BCUT2D eigenvalue weighted by Gasteiger charge is -2.23. The Labute approximate surface area is 129 Å². The molecule has 2 saturated heterocycles. The van der Waals surface area contributed by atoms with Crippen molar-refractivity contribution in [2.75, 3.05) is 24.5 Å². The zero-order valence-electron chi connectivity index (χ0n) is 12.4. The smallest absolute Gasteiger partial charge is 0.228 e. The van der Waals surface area contributed by atoms with Gasteiger partial charge in [0.15, 0.2) is 0 Å². The zero-order chi connectivity index (χ0) is 15.0. The van der Waals surface area contributed by atoms with E-state index in [1.54, 1.807) is 12.5 Å². The molecule has 4 heterocycles. The molecule has 5 heteroatoms. The molecule has 1 unspecified atom stereocenters. The largest absolute Gasteiger partial charge is 0.468 e. The molecular formula is C17H19N3O2. The maximum Gasteiger partial charge on any atom is 0.228 e. The number of likely N-dealkylation sites (tertiary alicyclic amines) is 1. The van der Waals surface area contributed by atoms with Crippen molar-refractivity contribution in [1.82, 2.24) is 9.88 Å². The topological polar surface area (TPSA) is 49.6 Å². The van der Waals surface area contributed by atoms with Gasteiger partial charge in [-0.1, -0.05) is 6.07 Å². The normalized spacial score (nSPS) is 25.5. The molecule has 0 radical (unpaired) electrons. The van der Waals surface area contributed by atoms with Crippen molar-refractivity contribution in [1.29, 1.82) is 0 Å². The second-order valence-electron chi connectivity index (χ2n) is 6.38. The predicted molar refractivity (Wildman–Crippen MR) is 82.2 cm³/mol. The number of carbonyl (C=O) groups is 1. The maximum atomic E-state index is 12.4. The number of aromatic nitrogens is 1. The van der Waals surface area contributed by atoms with E-state index in [1.807, 2.05) is 35.2 Å². The fourth-order valence-corrected chi connectivity index (χ4v) is 3.68. The van der Waals surface area contributed by atoms with Crippen LogP contribution < -0.4 is 4.90 Å². The van der Waals surface area contributed by atoms with Crippen LogP contribution in [0.2, 0.25) is 0 Å². The molecule has 114 valence electrons. The highest BCUT2D eigenvalue weighted by atomic mass is 16.3. The third-order valence-electron chi connectivity index (χ3n) is 4.72. The van der Waals surface area contributed by atoms with Crippen LogP contribution in [-0.4, -0.2) is 35.4 Å². The van der Waals surface area contributed by atoms with Crippen LogP contribution in [0.5, 0.6) is 0 Å². The summed E-state index contributed by atoms with van der Waals surface area (Å²) in [6.45, 7) is 3.57. The molecule has 0 saturated carbocycles. The van der Waals surface area contributed by atoms with Gasteiger partial charge in [0, 0.05) is 31.1 Å². The fourth-order valence-electron chi connectivity index (χ4n) is 3.68. The number of pyridine rings is 1. The Hall–Kier alpha value is -2.14. The monoisotopic (exact) mass is 297 g/mol. The molecule has 2 aromatic rings. The van der Waals surface area contributed by atoms with E-state index in [2.05, 4.69) is 9.88 Å². The average Bonchev–Trinajstić information content (AvgIpc) is 3.23. The van der Waals surface area contributed by atoms with E-state index in [0.717, 1.165) is 44.2 Å². The SMILES string of the molecule is O=C1CC2(CCN(Cc3ccco3)C2)CN1c1ccccn1. The van der Waals surface area contributed by atoms with Gasteiger partial charge in [0.1, 0.15) is 11.6 Å². The lowest BCUT2D eigenvalue weighted by molar-refractivity contribution is -0.117. The van der Waals surface area contributed by atoms with Gasteiger partial charge in [-0.2, -0.15) is 0 Å². The number of anilines is 1. The first kappa shape index (κ1) is 13.5. The second-order valence-corrected chi connectivity index (χ2v) is 6.38. The number of hydrogen-bond acceptors (Lipinski definition) is 4. The van der Waals surface area contributed by atoms with Gasteiger partial charge in [0.25, 0.3) is 0 Å². The first-order chi connectivity index (χ1) is 10.7. The van der Waals surface area contributed by atoms with Gasteiger partial charge in [-0.15, -0.1) is 0 Å². The lowest BCUT2D eigenvalue weighted by Crippen LogP contribution is -2.31. The van der Waals surface area contributed by atoms with Gasteiger partial charge in [0.05, 0.1) is 12.8 Å². The molecule has 0 aromatic carbocycles. The molecule has 1 atom stereocenters. The summed E-state index contributed by atoms with van der Waals surface area (Å²) in [6.07, 6.45) is 5.13. The highest BCUT2D eigenvalue weighted by molar-refractivity contribution is 5.95. The summed E-state index contributed by atoms with van der Waals surface area (Å²) in [5.74, 6) is 1.95. The van der Waals surface area contributed by atoms with E-state index in [0.29, 0.717) is 6.42 Å². The minimum absolute atomic E-state index is 0.0706. The van der Waals surface area contributed by atoms with Crippen molar-refractivity contribution in [2.45, 2.75) is 19.4 Å². The molecule has 0 bridgehead atoms. The Bertz CT molecular complexity index is 656. The molecule has 2 fully saturated rings. The highest BCUT2D eigenvalue weighted by Gasteiger charge is 2.48. The Kier molecular flexibility index (Phi) is 3.22. The summed E-state index contributed by atoms with van der Waals surface area (Å²) in [7, 11) is 0. The van der Waals surface area contributed by atoms with Crippen LogP contribution in [0.4, 0.5) is 5.82 Å². The Morgan fingerprint density at radius 3 is 2.95 bits per heavy atom. The minimum Gasteiger partial charge on any atom is -0.468 e. The average molecular weight is 297 g/mol. The molecule has 2 aromatic heterocycles. The molecule has 2 aliphatic heterocycles. The summed E-state index contributed by atoms with van der Waals surface area (Å²) in [5, 5.41) is 0. The van der Waals surface area contributed by atoms with Crippen molar-refractivity contribution >= 4 is 11.7 Å². The van der Waals surface area contributed by atoms with Gasteiger partial charge in [-0.25, -0.2) is 4.98 Å². The number of carbonyl (C=O) groups excluding carboxylic acids is 1. The number of amides is 1. The number of furan rings is 1. The Morgan fingerprint density at radius 2 is 2.18 bits per heavy atom. The van der Waals surface area contributed by atoms with Crippen LogP contribution in [0.3, 0.4) is 0 Å². The van der Waals surface area contributed by atoms with Crippen LogP contribution in [-0.2, 0) is 11.3 Å². The minimum atomic E-state index is 0.0706. The fraction of sp³-hybridized carbons (Fsp3) is 0.412.